The quantitative estimate of drug-likeness (QED) is 0.436. The molecule has 4 heteroatoms. The molecule has 3 nitrogen and oxygen atoms in total. The molecule has 0 saturated carbocycles. The van der Waals surface area contributed by atoms with Crippen LogP contribution in [-0.4, -0.2) is 21.8 Å². The van der Waals surface area contributed by atoms with E-state index in [4.69, 9.17) is 0 Å². The molecule has 0 fully saturated rings. The summed E-state index contributed by atoms with van der Waals surface area (Å²) >= 11 is 2.42. The van der Waals surface area contributed by atoms with Gasteiger partial charge in [0.05, 0.1) is 0 Å². The van der Waals surface area contributed by atoms with Gasteiger partial charge in [0.15, 0.2) is 0 Å². The van der Waals surface area contributed by atoms with Crippen LogP contribution in [0.15, 0.2) is 36.4 Å². The first-order valence-corrected chi connectivity index (χ1v) is 4.99. The number of non-ortho nitro benzene ring substituents is 1. The van der Waals surface area contributed by atoms with Crippen LogP contribution in [0.3, 0.4) is 0 Å². The van der Waals surface area contributed by atoms with Crippen molar-refractivity contribution in [3.8, 4) is 0 Å². The molecule has 0 spiro atoms. The van der Waals surface area contributed by atoms with Gasteiger partial charge in [0.1, 0.15) is 0 Å². The van der Waals surface area contributed by atoms with E-state index in [1.807, 2.05) is 18.2 Å². The van der Waals surface area contributed by atoms with Crippen LogP contribution in [-0.2, 0) is 0 Å². The number of nitrogens with zero attached hydrogens (tertiary/aromatic N) is 1. The van der Waals surface area contributed by atoms with Crippen molar-refractivity contribution in [2.24, 2.45) is 0 Å². The Morgan fingerprint density at radius 3 is 2.43 bits per heavy atom. The molecule has 2 aromatic carbocycles. The Morgan fingerprint density at radius 2 is 1.71 bits per heavy atom. The van der Waals surface area contributed by atoms with E-state index in [0.29, 0.717) is 5.39 Å². The van der Waals surface area contributed by atoms with Gasteiger partial charge in [0, 0.05) is 0 Å². The molecule has 0 amide bonds. The second-order valence-electron chi connectivity index (χ2n) is 2.91. The molecule has 0 saturated heterocycles. The zero-order valence-corrected chi connectivity index (χ0v) is 9.05. The summed E-state index contributed by atoms with van der Waals surface area (Å²) in [7, 11) is 0. The Labute approximate surface area is 89.4 Å². The number of rotatable bonds is 1. The second-order valence-corrected chi connectivity index (χ2v) is 3.92. The third-order valence-corrected chi connectivity index (χ3v) is 2.89. The van der Waals surface area contributed by atoms with E-state index in [2.05, 4.69) is 16.9 Å². The van der Waals surface area contributed by atoms with Crippen LogP contribution in [0.5, 0.6) is 0 Å². The summed E-state index contributed by atoms with van der Waals surface area (Å²) in [5.41, 5.74) is 0.162. The predicted octanol–water partition coefficient (Wildman–Crippen LogP) is 1.54. The van der Waals surface area contributed by atoms with Crippen molar-refractivity contribution in [2.45, 2.75) is 0 Å². The zero-order chi connectivity index (χ0) is 10.1. The van der Waals surface area contributed by atoms with Crippen molar-refractivity contribution < 1.29 is 4.92 Å². The van der Waals surface area contributed by atoms with Crippen molar-refractivity contribution in [1.82, 2.24) is 0 Å². The SMILES string of the molecule is O=[N+]([O-])c1cccc2c([As])cccc12. The van der Waals surface area contributed by atoms with Crippen molar-refractivity contribution in [1.29, 1.82) is 0 Å². The first kappa shape index (κ1) is 9.22. The van der Waals surface area contributed by atoms with Gasteiger partial charge in [-0.3, -0.25) is 0 Å². The van der Waals surface area contributed by atoms with Crippen molar-refractivity contribution in [2.75, 3.05) is 0 Å². The Morgan fingerprint density at radius 1 is 1.07 bits per heavy atom. The standard InChI is InChI=1S/C10H6AsNO2/c11-9-5-1-4-8-7(9)3-2-6-10(8)12(13)14/h1-6H. The molecule has 2 radical (unpaired) electrons. The molecular weight excluding hydrogens is 241 g/mol. The molecule has 0 atom stereocenters. The van der Waals surface area contributed by atoms with Gasteiger partial charge in [0.2, 0.25) is 0 Å². The van der Waals surface area contributed by atoms with E-state index < -0.39 is 0 Å². The van der Waals surface area contributed by atoms with E-state index in [9.17, 15) is 10.1 Å². The Hall–Kier alpha value is -1.34. The fraction of sp³-hybridized carbons (Fsp3) is 0. The number of hydrogen-bond acceptors (Lipinski definition) is 2. The summed E-state index contributed by atoms with van der Waals surface area (Å²) in [6, 6.07) is 10.6. The number of nitro groups is 1. The van der Waals surface area contributed by atoms with Crippen LogP contribution in [0.4, 0.5) is 5.69 Å². The van der Waals surface area contributed by atoms with E-state index >= 15 is 0 Å². The molecule has 2 rings (SSSR count). The van der Waals surface area contributed by atoms with Crippen LogP contribution in [0, 0.1) is 10.1 Å². The van der Waals surface area contributed by atoms with Crippen molar-refractivity contribution in [3.63, 3.8) is 0 Å². The van der Waals surface area contributed by atoms with Gasteiger partial charge >= 0.3 is 89.1 Å². The average molecular weight is 247 g/mol. The zero-order valence-electron chi connectivity index (χ0n) is 7.18. The van der Waals surface area contributed by atoms with Gasteiger partial charge < -0.3 is 0 Å². The molecule has 0 N–H and O–H groups in total. The van der Waals surface area contributed by atoms with Crippen molar-refractivity contribution >= 4 is 37.7 Å². The van der Waals surface area contributed by atoms with Crippen LogP contribution >= 0.6 is 0 Å². The molecule has 0 aromatic heterocycles. The molecular formula is C10H6AsNO2. The van der Waals surface area contributed by atoms with E-state index in [1.165, 1.54) is 6.07 Å². The molecule has 14 heavy (non-hydrogen) atoms. The summed E-state index contributed by atoms with van der Waals surface area (Å²) in [5.74, 6) is 0. The molecule has 0 bridgehead atoms. The fourth-order valence-corrected chi connectivity index (χ4v) is 2.03. The molecule has 0 aliphatic rings. The average Bonchev–Trinajstić information content (AvgIpc) is 2.17. The predicted molar refractivity (Wildman–Crippen MR) is 56.0 cm³/mol. The van der Waals surface area contributed by atoms with Crippen LogP contribution in [0.2, 0.25) is 0 Å². The van der Waals surface area contributed by atoms with Gasteiger partial charge in [-0.2, -0.15) is 0 Å². The van der Waals surface area contributed by atoms with Gasteiger partial charge in [0.25, 0.3) is 0 Å². The molecule has 2 aromatic rings. The maximum absolute atomic E-state index is 10.7. The summed E-state index contributed by atoms with van der Waals surface area (Å²) in [5, 5.41) is 12.3. The fourth-order valence-electron chi connectivity index (χ4n) is 1.44. The van der Waals surface area contributed by atoms with Crippen LogP contribution < -0.4 is 4.35 Å². The Balaban J connectivity index is 2.88. The number of fused-ring (bicyclic) bond motifs is 1. The first-order valence-electron chi connectivity index (χ1n) is 4.05. The molecule has 0 unspecified atom stereocenters. The van der Waals surface area contributed by atoms with E-state index in [-0.39, 0.29) is 10.6 Å². The monoisotopic (exact) mass is 247 g/mol. The van der Waals surface area contributed by atoms with E-state index in [1.54, 1.807) is 12.1 Å². The molecule has 0 heterocycles. The summed E-state index contributed by atoms with van der Waals surface area (Å²) in [4.78, 5) is 10.4. The Kier molecular flexibility index (Phi) is 2.26. The number of benzene rings is 2. The minimum atomic E-state index is -0.352. The molecule has 0 aliphatic heterocycles. The summed E-state index contributed by atoms with van der Waals surface area (Å²) in [6.45, 7) is 0. The van der Waals surface area contributed by atoms with Gasteiger partial charge in [-0.1, -0.05) is 0 Å². The van der Waals surface area contributed by atoms with Gasteiger partial charge in [-0.05, 0) is 0 Å². The number of nitro benzene ring substituents is 1. The minimum absolute atomic E-state index is 0.162. The van der Waals surface area contributed by atoms with Crippen molar-refractivity contribution in [3.05, 3.63) is 46.5 Å². The maximum atomic E-state index is 10.7. The van der Waals surface area contributed by atoms with Gasteiger partial charge in [-0.15, -0.1) is 0 Å². The van der Waals surface area contributed by atoms with Crippen LogP contribution in [0.25, 0.3) is 10.8 Å². The third-order valence-electron chi connectivity index (χ3n) is 2.07. The number of hydrogen-bond donors (Lipinski definition) is 0. The first-order chi connectivity index (χ1) is 6.70. The summed E-state index contributed by atoms with van der Waals surface area (Å²) < 4.78 is 0.999. The molecule has 0 aliphatic carbocycles. The Bertz CT molecular complexity index is 510. The van der Waals surface area contributed by atoms with E-state index in [0.717, 1.165) is 9.74 Å². The van der Waals surface area contributed by atoms with Crippen LogP contribution in [0.1, 0.15) is 0 Å². The van der Waals surface area contributed by atoms with Gasteiger partial charge in [-0.25, -0.2) is 0 Å². The molecule has 68 valence electrons. The normalized spacial score (nSPS) is 10.4. The summed E-state index contributed by atoms with van der Waals surface area (Å²) in [6.07, 6.45) is 0. The third kappa shape index (κ3) is 1.40. The second kappa shape index (κ2) is 3.43. The topological polar surface area (TPSA) is 43.1 Å².